The zero-order valence-corrected chi connectivity index (χ0v) is 22.4. The summed E-state index contributed by atoms with van der Waals surface area (Å²) in [5.74, 6) is -6.57. The average Bonchev–Trinajstić information content (AvgIpc) is 2.98. The molecule has 3 aromatic rings. The minimum absolute atomic E-state index is 0.00241. The van der Waals surface area contributed by atoms with Gasteiger partial charge in [0.25, 0.3) is 0 Å². The Morgan fingerprint density at radius 2 is 1.36 bits per heavy atom. The summed E-state index contributed by atoms with van der Waals surface area (Å²) in [6.45, 7) is -0.707. The molecule has 0 amide bonds. The van der Waals surface area contributed by atoms with Crippen molar-refractivity contribution in [1.29, 1.82) is 0 Å². The number of benzene rings is 3. The SMILES string of the molecule is O=C(O[C@H]1Cc2c(O)cc(O[C@H]3O[C@H](CO)[C@@H](O)[C@H](O)[C@H]3O)cc2O[C@H]1c1cc(O)c(O)c(O)c1)c1cc(O)c(O)c(O)c1. The first kappa shape index (κ1) is 30.6. The molecule has 2 aliphatic heterocycles. The van der Waals surface area contributed by atoms with Gasteiger partial charge in [0, 0.05) is 29.7 Å². The van der Waals surface area contributed by atoms with E-state index in [0.717, 1.165) is 30.3 Å². The molecule has 2 heterocycles. The van der Waals surface area contributed by atoms with E-state index in [1.165, 1.54) is 6.07 Å². The lowest BCUT2D eigenvalue weighted by atomic mass is 9.93. The van der Waals surface area contributed by atoms with Gasteiger partial charge in [0.05, 0.1) is 12.2 Å². The highest BCUT2D eigenvalue weighted by Crippen LogP contribution is 2.46. The van der Waals surface area contributed by atoms with Crippen LogP contribution in [0.5, 0.6) is 51.7 Å². The van der Waals surface area contributed by atoms with Crippen LogP contribution >= 0.6 is 0 Å². The van der Waals surface area contributed by atoms with E-state index in [4.69, 9.17) is 18.9 Å². The minimum Gasteiger partial charge on any atom is -0.507 e. The van der Waals surface area contributed by atoms with Crippen molar-refractivity contribution in [3.8, 4) is 51.7 Å². The first-order chi connectivity index (χ1) is 20.8. The third-order valence-corrected chi connectivity index (χ3v) is 7.24. The molecule has 0 unspecified atom stereocenters. The summed E-state index contributed by atoms with van der Waals surface area (Å²) in [6.07, 6.45) is -10.9. The van der Waals surface area contributed by atoms with Crippen LogP contribution < -0.4 is 9.47 Å². The van der Waals surface area contributed by atoms with Crippen LogP contribution in [-0.2, 0) is 15.9 Å². The van der Waals surface area contributed by atoms with Crippen molar-refractivity contribution in [3.05, 3.63) is 53.1 Å². The molecule has 5 rings (SSSR count). The lowest BCUT2D eigenvalue weighted by Crippen LogP contribution is -2.60. The fourth-order valence-corrected chi connectivity index (χ4v) is 4.91. The second-order valence-electron chi connectivity index (χ2n) is 10.2. The normalized spacial score (nSPS) is 26.3. The van der Waals surface area contributed by atoms with Gasteiger partial charge < -0.3 is 75.1 Å². The van der Waals surface area contributed by atoms with E-state index in [2.05, 4.69) is 0 Å². The van der Waals surface area contributed by atoms with Gasteiger partial charge in [0.2, 0.25) is 6.29 Å². The number of carbonyl (C=O) groups is 1. The number of aromatic hydroxyl groups is 7. The van der Waals surface area contributed by atoms with Gasteiger partial charge in [-0.05, 0) is 24.3 Å². The maximum Gasteiger partial charge on any atom is 0.338 e. The molecule has 0 aliphatic carbocycles. The molecule has 2 aliphatic rings. The number of phenolic OH excluding ortho intramolecular Hbond substituents is 7. The summed E-state index contributed by atoms with van der Waals surface area (Å²) in [7, 11) is 0. The number of rotatable bonds is 6. The van der Waals surface area contributed by atoms with Crippen LogP contribution in [-0.4, -0.2) is 106 Å². The Kier molecular flexibility index (Phi) is 8.11. The Labute approximate surface area is 247 Å². The van der Waals surface area contributed by atoms with E-state index < -0.39 is 95.7 Å². The summed E-state index contributed by atoms with van der Waals surface area (Å²) < 4.78 is 22.5. The Balaban J connectivity index is 1.48. The predicted octanol–water partition coefficient (Wildman–Crippen LogP) is -0.294. The molecule has 11 N–H and O–H groups in total. The van der Waals surface area contributed by atoms with E-state index in [9.17, 15) is 61.0 Å². The van der Waals surface area contributed by atoms with Gasteiger partial charge in [-0.1, -0.05) is 0 Å². The van der Waals surface area contributed by atoms with Gasteiger partial charge in [0.1, 0.15) is 47.8 Å². The van der Waals surface area contributed by atoms with Crippen molar-refractivity contribution < 1.29 is 79.9 Å². The van der Waals surface area contributed by atoms with Gasteiger partial charge in [-0.15, -0.1) is 0 Å². The zero-order valence-electron chi connectivity index (χ0n) is 22.4. The largest absolute Gasteiger partial charge is 0.507 e. The quantitative estimate of drug-likeness (QED) is 0.125. The van der Waals surface area contributed by atoms with Gasteiger partial charge in [-0.2, -0.15) is 0 Å². The lowest BCUT2D eigenvalue weighted by Gasteiger charge is -2.39. The predicted molar refractivity (Wildman–Crippen MR) is 142 cm³/mol. The maximum absolute atomic E-state index is 13.0. The number of fused-ring (bicyclic) bond motifs is 1. The molecule has 0 spiro atoms. The number of phenols is 7. The van der Waals surface area contributed by atoms with Crippen molar-refractivity contribution in [1.82, 2.24) is 0 Å². The summed E-state index contributed by atoms with van der Waals surface area (Å²) in [5.41, 5.74) is -0.285. The second kappa shape index (κ2) is 11.7. The molecule has 0 aromatic heterocycles. The van der Waals surface area contributed by atoms with Crippen LogP contribution in [0.25, 0.3) is 0 Å². The summed E-state index contributed by atoms with van der Waals surface area (Å²) in [6, 6.07) is 6.06. The van der Waals surface area contributed by atoms with Gasteiger partial charge in [-0.25, -0.2) is 4.79 Å². The van der Waals surface area contributed by atoms with Crippen molar-refractivity contribution in [2.24, 2.45) is 0 Å². The Bertz CT molecular complexity index is 1530. The van der Waals surface area contributed by atoms with Crippen LogP contribution in [0.15, 0.2) is 36.4 Å². The molecule has 16 nitrogen and oxygen atoms in total. The third kappa shape index (κ3) is 5.59. The number of hydrogen-bond acceptors (Lipinski definition) is 16. The second-order valence-corrected chi connectivity index (χ2v) is 10.2. The third-order valence-electron chi connectivity index (χ3n) is 7.24. The average molecular weight is 621 g/mol. The monoisotopic (exact) mass is 620 g/mol. The minimum atomic E-state index is -1.76. The Morgan fingerprint density at radius 3 is 1.95 bits per heavy atom. The lowest BCUT2D eigenvalue weighted by molar-refractivity contribution is -0.277. The smallest absolute Gasteiger partial charge is 0.338 e. The number of aliphatic hydroxyl groups is 4. The van der Waals surface area contributed by atoms with E-state index in [-0.39, 0.29) is 34.6 Å². The highest BCUT2D eigenvalue weighted by molar-refractivity contribution is 5.91. The van der Waals surface area contributed by atoms with Crippen molar-refractivity contribution >= 4 is 5.97 Å². The van der Waals surface area contributed by atoms with Gasteiger partial charge in [0.15, 0.2) is 40.6 Å². The van der Waals surface area contributed by atoms with Crippen molar-refractivity contribution in [3.63, 3.8) is 0 Å². The fraction of sp³-hybridized carbons (Fsp3) is 0.321. The molecule has 0 radical (unpaired) electrons. The molecule has 44 heavy (non-hydrogen) atoms. The number of hydrogen-bond donors (Lipinski definition) is 11. The van der Waals surface area contributed by atoms with E-state index in [0.29, 0.717) is 0 Å². The molecule has 1 fully saturated rings. The molecule has 1 saturated heterocycles. The first-order valence-electron chi connectivity index (χ1n) is 13.0. The molecular weight excluding hydrogens is 592 g/mol. The zero-order chi connectivity index (χ0) is 32.0. The Hall–Kier alpha value is -4.87. The fourth-order valence-electron chi connectivity index (χ4n) is 4.91. The van der Waals surface area contributed by atoms with E-state index in [1.54, 1.807) is 0 Å². The highest BCUT2D eigenvalue weighted by Gasteiger charge is 2.45. The van der Waals surface area contributed by atoms with Crippen LogP contribution in [0.1, 0.15) is 27.6 Å². The molecule has 16 heteroatoms. The van der Waals surface area contributed by atoms with Crippen LogP contribution in [0.3, 0.4) is 0 Å². The maximum atomic E-state index is 13.0. The molecule has 3 aromatic carbocycles. The van der Waals surface area contributed by atoms with Gasteiger partial charge >= 0.3 is 5.97 Å². The molecular formula is C28H28O16. The molecule has 7 atom stereocenters. The van der Waals surface area contributed by atoms with E-state index in [1.807, 2.05) is 0 Å². The van der Waals surface area contributed by atoms with Crippen molar-refractivity contribution in [2.75, 3.05) is 6.61 Å². The number of aliphatic hydroxyl groups excluding tert-OH is 4. The summed E-state index contributed by atoms with van der Waals surface area (Å²) >= 11 is 0. The molecule has 236 valence electrons. The number of carbonyl (C=O) groups excluding carboxylic acids is 1. The van der Waals surface area contributed by atoms with Crippen LogP contribution in [0.2, 0.25) is 0 Å². The topological polar surface area (TPSA) is 277 Å². The highest BCUT2D eigenvalue weighted by atomic mass is 16.7. The number of ether oxygens (including phenoxy) is 4. The standard InChI is InChI=1S/C28H28O16/c29-8-20-23(37)24(38)25(39)28(44-20)41-11-5-13(30)12-7-19(43-27(40)10-3-16(33)22(36)17(34)4-10)26(42-18(12)6-11)9-1-14(31)21(35)15(32)2-9/h1-6,19-20,23-26,28-39H,7-8H2/t19-,20+,23+,24-,25+,26-,28-/m0/s1. The Morgan fingerprint density at radius 1 is 0.773 bits per heavy atom. The summed E-state index contributed by atoms with van der Waals surface area (Å²) in [4.78, 5) is 13.0. The van der Waals surface area contributed by atoms with Crippen LogP contribution in [0, 0.1) is 0 Å². The first-order valence-corrected chi connectivity index (χ1v) is 13.0. The number of esters is 1. The van der Waals surface area contributed by atoms with Crippen molar-refractivity contribution in [2.45, 2.75) is 49.3 Å². The van der Waals surface area contributed by atoms with E-state index >= 15 is 0 Å². The molecule has 0 saturated carbocycles. The molecule has 0 bridgehead atoms. The van der Waals surface area contributed by atoms with Gasteiger partial charge in [-0.3, -0.25) is 0 Å². The summed E-state index contributed by atoms with van der Waals surface area (Å²) in [5, 5.41) is 110. The van der Waals surface area contributed by atoms with Crippen LogP contribution in [0.4, 0.5) is 0 Å².